The van der Waals surface area contributed by atoms with E-state index in [4.69, 9.17) is 4.42 Å². The van der Waals surface area contributed by atoms with Crippen molar-refractivity contribution in [1.82, 2.24) is 0 Å². The van der Waals surface area contributed by atoms with Gasteiger partial charge in [0.05, 0.1) is 0 Å². The molecule has 106 valence electrons. The average molecular weight is 344 g/mol. The molecule has 1 aromatic heterocycles. The van der Waals surface area contributed by atoms with Crippen molar-refractivity contribution in [1.29, 1.82) is 0 Å². The molecule has 0 aliphatic rings. The van der Waals surface area contributed by atoms with Gasteiger partial charge >= 0.3 is 5.63 Å². The molecule has 0 saturated heterocycles. The zero-order chi connectivity index (χ0) is 14.8. The minimum Gasteiger partial charge on any atom is -0.423 e. The lowest BCUT2D eigenvalue weighted by atomic mass is 10.1. The first kappa shape index (κ1) is 13.9. The van der Waals surface area contributed by atoms with E-state index in [9.17, 15) is 4.79 Å². The predicted octanol–water partition coefficient (Wildman–Crippen LogP) is 4.48. The normalized spacial score (nSPS) is 10.8. The van der Waals surface area contributed by atoms with E-state index in [2.05, 4.69) is 21.2 Å². The molecule has 0 aliphatic carbocycles. The second-order valence-electron chi connectivity index (χ2n) is 4.95. The van der Waals surface area contributed by atoms with Gasteiger partial charge in [-0.25, -0.2) is 4.79 Å². The fourth-order valence-corrected chi connectivity index (χ4v) is 2.68. The molecule has 2 aromatic carbocycles. The first-order valence-electron chi connectivity index (χ1n) is 6.65. The summed E-state index contributed by atoms with van der Waals surface area (Å²) < 4.78 is 6.28. The van der Waals surface area contributed by atoms with Gasteiger partial charge in [-0.15, -0.1) is 0 Å². The maximum atomic E-state index is 11.7. The van der Waals surface area contributed by atoms with E-state index >= 15 is 0 Å². The van der Waals surface area contributed by atoms with Crippen molar-refractivity contribution < 1.29 is 4.42 Å². The van der Waals surface area contributed by atoms with Gasteiger partial charge in [-0.2, -0.15) is 0 Å². The second kappa shape index (κ2) is 5.74. The summed E-state index contributed by atoms with van der Waals surface area (Å²) in [5.41, 5.74) is 3.31. The SMILES string of the molecule is Cc1ccc2c(CNc3cccc(Br)c3)cc(=O)oc2c1. The highest BCUT2D eigenvalue weighted by Crippen LogP contribution is 2.21. The summed E-state index contributed by atoms with van der Waals surface area (Å²) in [6, 6.07) is 15.4. The molecule has 3 aromatic rings. The Kier molecular flexibility index (Phi) is 3.80. The summed E-state index contributed by atoms with van der Waals surface area (Å²) in [6.07, 6.45) is 0. The summed E-state index contributed by atoms with van der Waals surface area (Å²) in [5.74, 6) is 0. The van der Waals surface area contributed by atoms with Crippen molar-refractivity contribution in [2.75, 3.05) is 5.32 Å². The molecule has 0 spiro atoms. The van der Waals surface area contributed by atoms with E-state index in [0.29, 0.717) is 12.1 Å². The summed E-state index contributed by atoms with van der Waals surface area (Å²) in [6.45, 7) is 2.55. The van der Waals surface area contributed by atoms with Crippen molar-refractivity contribution in [3.63, 3.8) is 0 Å². The third-order valence-electron chi connectivity index (χ3n) is 3.29. The molecule has 0 amide bonds. The molecular formula is C17H14BrNO2. The molecule has 0 saturated carbocycles. The number of nitrogens with one attached hydrogen (secondary N) is 1. The van der Waals surface area contributed by atoms with E-state index in [0.717, 1.165) is 26.7 Å². The topological polar surface area (TPSA) is 42.2 Å². The molecule has 0 unspecified atom stereocenters. The number of benzene rings is 2. The van der Waals surface area contributed by atoms with Crippen LogP contribution in [0.15, 0.2) is 62.2 Å². The van der Waals surface area contributed by atoms with Gasteiger partial charge in [0.15, 0.2) is 0 Å². The van der Waals surface area contributed by atoms with Crippen molar-refractivity contribution in [2.24, 2.45) is 0 Å². The smallest absolute Gasteiger partial charge is 0.336 e. The van der Waals surface area contributed by atoms with Crippen molar-refractivity contribution in [3.8, 4) is 0 Å². The molecule has 0 atom stereocenters. The Balaban J connectivity index is 1.95. The Morgan fingerprint density at radius 1 is 1.14 bits per heavy atom. The Bertz CT molecular complexity index is 855. The molecule has 1 heterocycles. The van der Waals surface area contributed by atoms with E-state index in [1.54, 1.807) is 6.07 Å². The lowest BCUT2D eigenvalue weighted by molar-refractivity contribution is 0.559. The molecular weight excluding hydrogens is 330 g/mol. The van der Waals surface area contributed by atoms with Crippen LogP contribution in [0.5, 0.6) is 0 Å². The van der Waals surface area contributed by atoms with Gasteiger partial charge in [0.25, 0.3) is 0 Å². The number of hydrogen-bond donors (Lipinski definition) is 1. The number of hydrogen-bond acceptors (Lipinski definition) is 3. The molecule has 0 radical (unpaired) electrons. The first-order valence-corrected chi connectivity index (χ1v) is 7.44. The molecule has 0 bridgehead atoms. The van der Waals surface area contributed by atoms with E-state index in [1.165, 1.54) is 0 Å². The van der Waals surface area contributed by atoms with Gasteiger partial charge in [-0.1, -0.05) is 34.1 Å². The Labute approximate surface area is 130 Å². The van der Waals surface area contributed by atoms with Gasteiger partial charge < -0.3 is 9.73 Å². The van der Waals surface area contributed by atoms with Gasteiger partial charge in [0.1, 0.15) is 5.58 Å². The standard InChI is InChI=1S/C17H14BrNO2/c1-11-5-6-15-12(8-17(20)21-16(15)7-11)10-19-14-4-2-3-13(18)9-14/h2-9,19H,10H2,1H3. The number of anilines is 1. The molecule has 1 N–H and O–H groups in total. The molecule has 3 nitrogen and oxygen atoms in total. The van der Waals surface area contributed by atoms with Crippen LogP contribution in [0.4, 0.5) is 5.69 Å². The highest BCUT2D eigenvalue weighted by Gasteiger charge is 2.06. The van der Waals surface area contributed by atoms with Crippen molar-refractivity contribution >= 4 is 32.6 Å². The Morgan fingerprint density at radius 2 is 2.00 bits per heavy atom. The van der Waals surface area contributed by atoms with Crippen LogP contribution in [-0.2, 0) is 6.54 Å². The van der Waals surface area contributed by atoms with Crippen LogP contribution in [0.25, 0.3) is 11.0 Å². The number of fused-ring (bicyclic) bond motifs is 1. The fourth-order valence-electron chi connectivity index (χ4n) is 2.28. The highest BCUT2D eigenvalue weighted by molar-refractivity contribution is 9.10. The number of rotatable bonds is 3. The van der Waals surface area contributed by atoms with Crippen LogP contribution >= 0.6 is 15.9 Å². The van der Waals surface area contributed by atoms with Crippen LogP contribution in [-0.4, -0.2) is 0 Å². The van der Waals surface area contributed by atoms with Gasteiger partial charge in [0, 0.05) is 28.2 Å². The first-order chi connectivity index (χ1) is 10.1. The zero-order valence-corrected chi connectivity index (χ0v) is 13.1. The lowest BCUT2D eigenvalue weighted by Gasteiger charge is -2.09. The Hall–Kier alpha value is -2.07. The van der Waals surface area contributed by atoms with Gasteiger partial charge in [-0.05, 0) is 42.3 Å². The zero-order valence-electron chi connectivity index (χ0n) is 11.5. The van der Waals surface area contributed by atoms with E-state index in [-0.39, 0.29) is 5.63 Å². The maximum Gasteiger partial charge on any atom is 0.336 e. The van der Waals surface area contributed by atoms with Crippen molar-refractivity contribution in [3.05, 3.63) is 74.6 Å². The quantitative estimate of drug-likeness (QED) is 0.713. The summed E-state index contributed by atoms with van der Waals surface area (Å²) >= 11 is 3.44. The summed E-state index contributed by atoms with van der Waals surface area (Å²) in [5, 5.41) is 4.29. The monoisotopic (exact) mass is 343 g/mol. The van der Waals surface area contributed by atoms with Crippen LogP contribution in [0.3, 0.4) is 0 Å². The van der Waals surface area contributed by atoms with Crippen LogP contribution in [0.2, 0.25) is 0 Å². The van der Waals surface area contributed by atoms with Crippen molar-refractivity contribution in [2.45, 2.75) is 13.5 Å². The lowest BCUT2D eigenvalue weighted by Crippen LogP contribution is -2.05. The van der Waals surface area contributed by atoms with E-state index < -0.39 is 0 Å². The Morgan fingerprint density at radius 3 is 2.81 bits per heavy atom. The summed E-state index contributed by atoms with van der Waals surface area (Å²) in [7, 11) is 0. The molecule has 0 aliphatic heterocycles. The molecule has 4 heteroatoms. The molecule has 21 heavy (non-hydrogen) atoms. The highest BCUT2D eigenvalue weighted by atomic mass is 79.9. The third-order valence-corrected chi connectivity index (χ3v) is 3.79. The summed E-state index contributed by atoms with van der Waals surface area (Å²) in [4.78, 5) is 11.7. The van der Waals surface area contributed by atoms with Crippen LogP contribution in [0, 0.1) is 6.92 Å². The minimum absolute atomic E-state index is 0.320. The van der Waals surface area contributed by atoms with Crippen LogP contribution in [0.1, 0.15) is 11.1 Å². The number of aryl methyl sites for hydroxylation is 1. The van der Waals surface area contributed by atoms with Gasteiger partial charge in [0.2, 0.25) is 0 Å². The fraction of sp³-hybridized carbons (Fsp3) is 0.118. The average Bonchev–Trinajstić information content (AvgIpc) is 2.44. The predicted molar refractivity (Wildman–Crippen MR) is 88.7 cm³/mol. The van der Waals surface area contributed by atoms with E-state index in [1.807, 2.05) is 49.4 Å². The molecule has 3 rings (SSSR count). The minimum atomic E-state index is -0.320. The number of halogens is 1. The largest absolute Gasteiger partial charge is 0.423 e. The van der Waals surface area contributed by atoms with Gasteiger partial charge in [-0.3, -0.25) is 0 Å². The maximum absolute atomic E-state index is 11.7. The van der Waals surface area contributed by atoms with Crippen LogP contribution < -0.4 is 10.9 Å². The molecule has 0 fully saturated rings. The third kappa shape index (κ3) is 3.16. The second-order valence-corrected chi connectivity index (χ2v) is 5.87.